The Morgan fingerprint density at radius 1 is 1.11 bits per heavy atom. The Morgan fingerprint density at radius 3 is 2.47 bits per heavy atom. The maximum Gasteiger partial charge on any atom is 0.323 e. The first-order valence-corrected chi connectivity index (χ1v) is 6.58. The molecule has 0 saturated heterocycles. The molecule has 2 aromatic rings. The van der Waals surface area contributed by atoms with Gasteiger partial charge in [0.25, 0.3) is 0 Å². The van der Waals surface area contributed by atoms with Crippen LogP contribution >= 0.6 is 0 Å². The summed E-state index contributed by atoms with van der Waals surface area (Å²) in [6.45, 7) is 0. The van der Waals surface area contributed by atoms with Crippen LogP contribution in [-0.4, -0.2) is 21.0 Å². The van der Waals surface area contributed by atoms with Gasteiger partial charge in [0.2, 0.25) is 0 Å². The zero-order valence-electron chi connectivity index (χ0n) is 10.5. The molecule has 3 N–H and O–H groups in total. The third kappa shape index (κ3) is 2.28. The zero-order valence-corrected chi connectivity index (χ0v) is 10.5. The molecule has 0 unspecified atom stereocenters. The van der Waals surface area contributed by atoms with Gasteiger partial charge in [0.1, 0.15) is 0 Å². The van der Waals surface area contributed by atoms with Crippen molar-refractivity contribution in [2.75, 3.05) is 0 Å². The molecule has 0 bridgehead atoms. The van der Waals surface area contributed by atoms with Crippen molar-refractivity contribution in [2.45, 2.75) is 31.6 Å². The number of aromatic amines is 2. The quantitative estimate of drug-likeness (QED) is 0.773. The highest BCUT2D eigenvalue weighted by Crippen LogP contribution is 2.36. The number of carbonyl (C=O) groups is 1. The average molecular weight is 260 g/mol. The molecule has 5 heteroatoms. The van der Waals surface area contributed by atoms with Gasteiger partial charge in [0.15, 0.2) is 0 Å². The molecule has 3 rings (SSSR count). The molecule has 100 valence electrons. The topological polar surface area (TPSA) is 85.9 Å². The molecule has 0 spiro atoms. The van der Waals surface area contributed by atoms with E-state index in [1.54, 1.807) is 0 Å². The van der Waals surface area contributed by atoms with Gasteiger partial charge < -0.3 is 15.1 Å². The van der Waals surface area contributed by atoms with Crippen molar-refractivity contribution in [2.24, 2.45) is 5.92 Å². The summed E-state index contributed by atoms with van der Waals surface area (Å²) in [6.07, 6.45) is 3.28. The minimum absolute atomic E-state index is 0.188. The molecule has 0 amide bonds. The summed E-state index contributed by atoms with van der Waals surface area (Å²) in [5, 5.41) is 9.00. The number of aliphatic carboxylic acids is 1. The molecular weight excluding hydrogens is 244 g/mol. The highest BCUT2D eigenvalue weighted by atomic mass is 16.4. The van der Waals surface area contributed by atoms with Crippen molar-refractivity contribution in [3.05, 3.63) is 34.2 Å². The lowest BCUT2D eigenvalue weighted by atomic mass is 9.79. The number of imidazole rings is 1. The van der Waals surface area contributed by atoms with E-state index >= 15 is 0 Å². The molecule has 0 aliphatic heterocycles. The average Bonchev–Trinajstić information content (AvgIpc) is 2.77. The lowest BCUT2D eigenvalue weighted by molar-refractivity contribution is -0.142. The second-order valence-corrected chi connectivity index (χ2v) is 5.27. The molecule has 1 aliphatic carbocycles. The van der Waals surface area contributed by atoms with E-state index in [0.717, 1.165) is 36.7 Å². The first kappa shape index (κ1) is 12.0. The van der Waals surface area contributed by atoms with Crippen molar-refractivity contribution in [1.82, 2.24) is 9.97 Å². The predicted octanol–water partition coefficient (Wildman–Crippen LogP) is 2.21. The minimum Gasteiger partial charge on any atom is -0.481 e. The highest BCUT2D eigenvalue weighted by Gasteiger charge is 2.26. The summed E-state index contributed by atoms with van der Waals surface area (Å²) >= 11 is 0. The Kier molecular flexibility index (Phi) is 2.89. The van der Waals surface area contributed by atoms with E-state index in [1.165, 1.54) is 5.56 Å². The molecule has 1 aromatic carbocycles. The van der Waals surface area contributed by atoms with Gasteiger partial charge in [0, 0.05) is 0 Å². The van der Waals surface area contributed by atoms with Gasteiger partial charge in [-0.1, -0.05) is 6.07 Å². The van der Waals surface area contributed by atoms with Gasteiger partial charge in [0.05, 0.1) is 17.0 Å². The van der Waals surface area contributed by atoms with E-state index in [9.17, 15) is 9.59 Å². The summed E-state index contributed by atoms with van der Waals surface area (Å²) in [5.74, 6) is -0.464. The standard InChI is InChI=1S/C14H16N2O3/c17-13(18)9-3-1-8(2-4-9)10-5-6-11-12(7-10)16-14(19)15-11/h5-9H,1-4H2,(H,17,18)(H2,15,16,19). The first-order valence-electron chi connectivity index (χ1n) is 6.58. The number of nitrogens with one attached hydrogen (secondary N) is 2. The van der Waals surface area contributed by atoms with Crippen LogP contribution < -0.4 is 5.69 Å². The molecule has 1 aromatic heterocycles. The highest BCUT2D eigenvalue weighted by molar-refractivity contribution is 5.75. The Morgan fingerprint density at radius 2 is 1.79 bits per heavy atom. The largest absolute Gasteiger partial charge is 0.481 e. The monoisotopic (exact) mass is 260 g/mol. The number of carboxylic acids is 1. The maximum atomic E-state index is 11.2. The fraction of sp³-hybridized carbons (Fsp3) is 0.429. The number of rotatable bonds is 2. The number of H-pyrrole nitrogens is 2. The zero-order chi connectivity index (χ0) is 13.4. The maximum absolute atomic E-state index is 11.2. The first-order chi connectivity index (χ1) is 9.13. The summed E-state index contributed by atoms with van der Waals surface area (Å²) in [7, 11) is 0. The Bertz CT molecular complexity index is 663. The lowest BCUT2D eigenvalue weighted by Crippen LogP contribution is -2.20. The van der Waals surface area contributed by atoms with Gasteiger partial charge in [-0.3, -0.25) is 4.79 Å². The third-order valence-corrected chi connectivity index (χ3v) is 4.09. The molecule has 19 heavy (non-hydrogen) atoms. The number of aromatic nitrogens is 2. The molecule has 1 aliphatic rings. The number of carboxylic acid groups (broad SMARTS) is 1. The van der Waals surface area contributed by atoms with E-state index in [0.29, 0.717) is 5.92 Å². The van der Waals surface area contributed by atoms with Gasteiger partial charge in [-0.15, -0.1) is 0 Å². The van der Waals surface area contributed by atoms with Crippen LogP contribution in [0.5, 0.6) is 0 Å². The summed E-state index contributed by atoms with van der Waals surface area (Å²) < 4.78 is 0. The fourth-order valence-electron chi connectivity index (χ4n) is 2.98. The number of hydrogen-bond acceptors (Lipinski definition) is 2. The van der Waals surface area contributed by atoms with Gasteiger partial charge >= 0.3 is 11.7 Å². The van der Waals surface area contributed by atoms with Gasteiger partial charge in [-0.25, -0.2) is 4.79 Å². The molecule has 1 heterocycles. The van der Waals surface area contributed by atoms with E-state index in [1.807, 2.05) is 18.2 Å². The third-order valence-electron chi connectivity index (χ3n) is 4.09. The lowest BCUT2D eigenvalue weighted by Gasteiger charge is -2.26. The van der Waals surface area contributed by atoms with E-state index in [-0.39, 0.29) is 11.6 Å². The summed E-state index contributed by atoms with van der Waals surface area (Å²) in [6, 6.07) is 5.93. The van der Waals surface area contributed by atoms with Crippen LogP contribution in [0.15, 0.2) is 23.0 Å². The van der Waals surface area contributed by atoms with Crippen LogP contribution in [0.25, 0.3) is 11.0 Å². The smallest absolute Gasteiger partial charge is 0.323 e. The number of fused-ring (bicyclic) bond motifs is 1. The SMILES string of the molecule is O=C(O)C1CCC(c2ccc3[nH]c(=O)[nH]c3c2)CC1. The molecule has 1 fully saturated rings. The van der Waals surface area contributed by atoms with Crippen molar-refractivity contribution in [1.29, 1.82) is 0 Å². The Labute approximate surface area is 109 Å². The van der Waals surface area contributed by atoms with Crippen LogP contribution in [0.4, 0.5) is 0 Å². The second-order valence-electron chi connectivity index (χ2n) is 5.27. The van der Waals surface area contributed by atoms with Crippen molar-refractivity contribution in [3.8, 4) is 0 Å². The van der Waals surface area contributed by atoms with Crippen LogP contribution in [-0.2, 0) is 4.79 Å². The van der Waals surface area contributed by atoms with Crippen LogP contribution in [0.2, 0.25) is 0 Å². The number of benzene rings is 1. The Hall–Kier alpha value is -2.04. The summed E-state index contributed by atoms with van der Waals surface area (Å²) in [5.41, 5.74) is 2.63. The normalized spacial score (nSPS) is 23.6. The van der Waals surface area contributed by atoms with Gasteiger partial charge in [-0.2, -0.15) is 0 Å². The van der Waals surface area contributed by atoms with E-state index < -0.39 is 5.97 Å². The molecule has 1 saturated carbocycles. The fourth-order valence-corrected chi connectivity index (χ4v) is 2.98. The molecule has 5 nitrogen and oxygen atoms in total. The van der Waals surface area contributed by atoms with Crippen molar-refractivity contribution < 1.29 is 9.90 Å². The predicted molar refractivity (Wildman–Crippen MR) is 71.3 cm³/mol. The van der Waals surface area contributed by atoms with Crippen molar-refractivity contribution >= 4 is 17.0 Å². The minimum atomic E-state index is -0.677. The van der Waals surface area contributed by atoms with Crippen LogP contribution in [0.3, 0.4) is 0 Å². The van der Waals surface area contributed by atoms with Crippen LogP contribution in [0, 0.1) is 5.92 Å². The number of hydrogen-bond donors (Lipinski definition) is 3. The van der Waals surface area contributed by atoms with Crippen LogP contribution in [0.1, 0.15) is 37.2 Å². The van der Waals surface area contributed by atoms with E-state index in [2.05, 4.69) is 9.97 Å². The molecular formula is C14H16N2O3. The molecule has 0 radical (unpaired) electrons. The summed E-state index contributed by atoms with van der Waals surface area (Å²) in [4.78, 5) is 27.6. The van der Waals surface area contributed by atoms with Gasteiger partial charge in [-0.05, 0) is 49.3 Å². The Balaban J connectivity index is 1.81. The molecule has 0 atom stereocenters. The van der Waals surface area contributed by atoms with Crippen molar-refractivity contribution in [3.63, 3.8) is 0 Å². The van der Waals surface area contributed by atoms with E-state index in [4.69, 9.17) is 5.11 Å². The second kappa shape index (κ2) is 4.57.